The van der Waals surface area contributed by atoms with Crippen molar-refractivity contribution >= 4 is 40.9 Å². The largest absolute Gasteiger partial charge is 0.350 e. The van der Waals surface area contributed by atoms with E-state index in [0.717, 1.165) is 21.9 Å². The molecule has 0 bridgehead atoms. The normalized spacial score (nSPS) is 14.5. The molecule has 0 radical (unpaired) electrons. The molecule has 0 aromatic heterocycles. The van der Waals surface area contributed by atoms with Gasteiger partial charge < -0.3 is 10.2 Å². The van der Waals surface area contributed by atoms with Crippen LogP contribution in [0.25, 0.3) is 0 Å². The van der Waals surface area contributed by atoms with E-state index >= 15 is 0 Å². The van der Waals surface area contributed by atoms with Crippen LogP contribution in [0.3, 0.4) is 0 Å². The Bertz CT molecular complexity index is 812. The Balaban J connectivity index is 1.55. The molecule has 1 atom stereocenters. The molecular formula is C20H21ClN2O2S. The number of halogens is 1. The van der Waals surface area contributed by atoms with Crippen molar-refractivity contribution < 1.29 is 9.59 Å². The third-order valence-electron chi connectivity index (χ3n) is 4.34. The van der Waals surface area contributed by atoms with Gasteiger partial charge in [-0.3, -0.25) is 9.59 Å². The van der Waals surface area contributed by atoms with Crippen LogP contribution in [-0.4, -0.2) is 24.1 Å². The van der Waals surface area contributed by atoms with E-state index in [0.29, 0.717) is 11.6 Å². The van der Waals surface area contributed by atoms with Crippen molar-refractivity contribution in [2.75, 3.05) is 17.2 Å². The molecule has 1 unspecified atom stereocenters. The van der Waals surface area contributed by atoms with E-state index in [1.165, 1.54) is 0 Å². The van der Waals surface area contributed by atoms with E-state index in [4.69, 9.17) is 11.6 Å². The van der Waals surface area contributed by atoms with Crippen molar-refractivity contribution in [3.63, 3.8) is 0 Å². The molecule has 2 aromatic rings. The lowest BCUT2D eigenvalue weighted by Crippen LogP contribution is -2.36. The van der Waals surface area contributed by atoms with Crippen LogP contribution >= 0.6 is 23.4 Å². The summed E-state index contributed by atoms with van der Waals surface area (Å²) in [6.45, 7) is 2.57. The summed E-state index contributed by atoms with van der Waals surface area (Å²) in [6, 6.07) is 15.1. The van der Waals surface area contributed by atoms with Crippen LogP contribution in [-0.2, 0) is 9.59 Å². The zero-order valence-electron chi connectivity index (χ0n) is 14.6. The highest BCUT2D eigenvalue weighted by Crippen LogP contribution is 2.34. The summed E-state index contributed by atoms with van der Waals surface area (Å²) >= 11 is 7.92. The van der Waals surface area contributed by atoms with Gasteiger partial charge >= 0.3 is 0 Å². The van der Waals surface area contributed by atoms with E-state index in [2.05, 4.69) is 5.32 Å². The Morgan fingerprint density at radius 1 is 1.15 bits per heavy atom. The molecular weight excluding hydrogens is 368 g/mol. The molecule has 4 nitrogen and oxygen atoms in total. The highest BCUT2D eigenvalue weighted by Gasteiger charge is 2.23. The summed E-state index contributed by atoms with van der Waals surface area (Å²) < 4.78 is 0. The molecule has 0 saturated heterocycles. The van der Waals surface area contributed by atoms with Gasteiger partial charge in [0.25, 0.3) is 0 Å². The first-order valence-electron chi connectivity index (χ1n) is 8.62. The molecule has 1 aliphatic heterocycles. The van der Waals surface area contributed by atoms with Crippen LogP contribution in [0.5, 0.6) is 0 Å². The molecule has 1 heterocycles. The fourth-order valence-corrected chi connectivity index (χ4v) is 4.30. The van der Waals surface area contributed by atoms with Crippen molar-refractivity contribution in [2.24, 2.45) is 0 Å². The van der Waals surface area contributed by atoms with Gasteiger partial charge in [0.2, 0.25) is 11.8 Å². The number of fused-ring (bicyclic) bond motifs is 1. The Morgan fingerprint density at radius 3 is 2.69 bits per heavy atom. The number of nitrogens with one attached hydrogen (secondary N) is 1. The Kier molecular flexibility index (Phi) is 6.22. The lowest BCUT2D eigenvalue weighted by atomic mass is 10.1. The zero-order chi connectivity index (χ0) is 18.5. The van der Waals surface area contributed by atoms with Crippen molar-refractivity contribution in [3.8, 4) is 0 Å². The summed E-state index contributed by atoms with van der Waals surface area (Å²) in [5, 5.41) is 3.54. The maximum atomic E-state index is 12.6. The first-order chi connectivity index (χ1) is 12.6. The van der Waals surface area contributed by atoms with Gasteiger partial charge in [0.1, 0.15) is 0 Å². The smallest absolute Gasteiger partial charge is 0.227 e. The van der Waals surface area contributed by atoms with Crippen LogP contribution in [0.2, 0.25) is 5.02 Å². The zero-order valence-corrected chi connectivity index (χ0v) is 16.1. The first kappa shape index (κ1) is 18.8. The molecule has 0 saturated carbocycles. The second-order valence-corrected chi connectivity index (χ2v) is 7.72. The molecule has 1 aliphatic rings. The standard InChI is InChI=1S/C20H21ClN2O2S/c1-14(15-6-2-3-7-16(15)21)22-19(24)10-11-20(25)23-12-13-26-18-9-5-4-8-17(18)23/h2-9,14H,10-13H2,1H3,(H,22,24). The minimum absolute atomic E-state index is 0.0155. The van der Waals surface area contributed by atoms with Crippen LogP contribution in [0, 0.1) is 0 Å². The Morgan fingerprint density at radius 2 is 1.88 bits per heavy atom. The van der Waals surface area contributed by atoms with Crippen molar-refractivity contribution in [1.82, 2.24) is 5.32 Å². The van der Waals surface area contributed by atoms with Crippen LogP contribution < -0.4 is 10.2 Å². The Labute approximate surface area is 162 Å². The number of nitrogens with zero attached hydrogens (tertiary/aromatic N) is 1. The second kappa shape index (κ2) is 8.60. The van der Waals surface area contributed by atoms with Gasteiger partial charge in [-0.05, 0) is 30.7 Å². The van der Waals surface area contributed by atoms with Gasteiger partial charge in [0.05, 0.1) is 11.7 Å². The fraction of sp³-hybridized carbons (Fsp3) is 0.300. The van der Waals surface area contributed by atoms with Crippen molar-refractivity contribution in [1.29, 1.82) is 0 Å². The van der Waals surface area contributed by atoms with Crippen LogP contribution in [0.15, 0.2) is 53.4 Å². The topological polar surface area (TPSA) is 49.4 Å². The third kappa shape index (κ3) is 4.40. The predicted molar refractivity (Wildman–Crippen MR) is 107 cm³/mol. The molecule has 2 amide bonds. The van der Waals surface area contributed by atoms with E-state index in [-0.39, 0.29) is 30.7 Å². The number of thioether (sulfide) groups is 1. The summed E-state index contributed by atoms with van der Waals surface area (Å²) in [5.41, 5.74) is 1.81. The molecule has 136 valence electrons. The molecule has 1 N–H and O–H groups in total. The average molecular weight is 389 g/mol. The highest BCUT2D eigenvalue weighted by atomic mass is 35.5. The first-order valence-corrected chi connectivity index (χ1v) is 9.98. The van der Waals surface area contributed by atoms with E-state index in [1.807, 2.05) is 49.4 Å². The molecule has 6 heteroatoms. The Hall–Kier alpha value is -1.98. The molecule has 26 heavy (non-hydrogen) atoms. The summed E-state index contributed by atoms with van der Waals surface area (Å²) in [7, 11) is 0. The SMILES string of the molecule is CC(NC(=O)CCC(=O)N1CCSc2ccccc21)c1ccccc1Cl. The fourth-order valence-electron chi connectivity index (χ4n) is 3.00. The van der Waals surface area contributed by atoms with Gasteiger partial charge in [0.15, 0.2) is 0 Å². The summed E-state index contributed by atoms with van der Waals surface area (Å²) in [4.78, 5) is 27.7. The number of benzene rings is 2. The maximum Gasteiger partial charge on any atom is 0.227 e. The molecule has 2 aromatic carbocycles. The summed E-state index contributed by atoms with van der Waals surface area (Å²) in [5.74, 6) is 0.710. The highest BCUT2D eigenvalue weighted by molar-refractivity contribution is 7.99. The number of hydrogen-bond donors (Lipinski definition) is 1. The van der Waals surface area contributed by atoms with Gasteiger partial charge in [-0.15, -0.1) is 11.8 Å². The number of para-hydroxylation sites is 1. The lowest BCUT2D eigenvalue weighted by Gasteiger charge is -2.29. The molecule has 3 rings (SSSR count). The van der Waals surface area contributed by atoms with Gasteiger partial charge in [-0.1, -0.05) is 41.9 Å². The number of anilines is 1. The maximum absolute atomic E-state index is 12.6. The second-order valence-electron chi connectivity index (χ2n) is 6.17. The number of hydrogen-bond acceptors (Lipinski definition) is 3. The molecule has 0 fully saturated rings. The van der Waals surface area contributed by atoms with Crippen LogP contribution in [0.1, 0.15) is 31.4 Å². The van der Waals surface area contributed by atoms with E-state index < -0.39 is 0 Å². The van der Waals surface area contributed by atoms with Crippen molar-refractivity contribution in [2.45, 2.75) is 30.7 Å². The number of carbonyl (C=O) groups excluding carboxylic acids is 2. The average Bonchev–Trinajstić information content (AvgIpc) is 2.66. The predicted octanol–water partition coefficient (Wildman–Crippen LogP) is 4.44. The molecule has 0 spiro atoms. The monoisotopic (exact) mass is 388 g/mol. The minimum atomic E-state index is -0.196. The number of amides is 2. The van der Waals surface area contributed by atoms with Crippen molar-refractivity contribution in [3.05, 3.63) is 59.1 Å². The third-order valence-corrected chi connectivity index (χ3v) is 5.73. The molecule has 0 aliphatic carbocycles. The summed E-state index contributed by atoms with van der Waals surface area (Å²) in [6.07, 6.45) is 0.361. The van der Waals surface area contributed by atoms with E-state index in [9.17, 15) is 9.59 Å². The van der Waals surface area contributed by atoms with Gasteiger partial charge in [-0.25, -0.2) is 0 Å². The quantitative estimate of drug-likeness (QED) is 0.823. The van der Waals surface area contributed by atoms with Gasteiger partial charge in [-0.2, -0.15) is 0 Å². The number of rotatable bonds is 5. The number of carbonyl (C=O) groups is 2. The minimum Gasteiger partial charge on any atom is -0.350 e. The van der Waals surface area contributed by atoms with E-state index in [1.54, 1.807) is 22.7 Å². The van der Waals surface area contributed by atoms with Crippen LogP contribution in [0.4, 0.5) is 5.69 Å². The lowest BCUT2D eigenvalue weighted by molar-refractivity contribution is -0.125. The van der Waals surface area contributed by atoms with Gasteiger partial charge in [0, 0.05) is 35.1 Å².